The first-order valence-electron chi connectivity index (χ1n) is 37.0. The van der Waals surface area contributed by atoms with Gasteiger partial charge in [-0.3, -0.25) is 57.5 Å². The topological polar surface area (TPSA) is 292 Å². The highest BCUT2D eigenvalue weighted by Gasteiger charge is 2.52. The van der Waals surface area contributed by atoms with E-state index in [4.69, 9.17) is 4.74 Å². The van der Waals surface area contributed by atoms with Gasteiger partial charge in [-0.1, -0.05) is 98.0 Å². The number of carbonyl (C=O) groups is 12. The summed E-state index contributed by atoms with van der Waals surface area (Å²) in [6, 6.07) is -6.68. The van der Waals surface area contributed by atoms with Gasteiger partial charge in [0.05, 0.1) is 20.1 Å². The molecule has 1 aromatic heterocycles. The normalized spacial score (nSPS) is 28.7. The minimum absolute atomic E-state index is 0.0725. The number of hydrogen-bond donors (Lipinski definition) is 3. The summed E-state index contributed by atoms with van der Waals surface area (Å²) in [5, 5.41) is 9.07. The van der Waals surface area contributed by atoms with Crippen molar-refractivity contribution in [1.29, 1.82) is 0 Å². The number of fused-ring (bicyclic) bond motifs is 2. The fraction of sp³-hybridized carbons (Fsp3) is 0.767. The lowest BCUT2D eigenvalue weighted by atomic mass is 9.84. The van der Waals surface area contributed by atoms with Crippen molar-refractivity contribution >= 4 is 70.9 Å². The maximum absolute atomic E-state index is 15.8. The number of pyridine rings is 1. The average Bonchev–Trinajstić information content (AvgIpc) is 1.77. The van der Waals surface area contributed by atoms with Gasteiger partial charge in [-0.25, -0.2) is 4.98 Å². The Labute approximate surface area is 586 Å². The molecule has 1 aromatic rings. The van der Waals surface area contributed by atoms with Crippen LogP contribution >= 0.6 is 0 Å². The lowest BCUT2D eigenvalue weighted by molar-refractivity contribution is -0.160. The summed E-state index contributed by atoms with van der Waals surface area (Å²) < 4.78 is 5.29. The number of hydrogen-bond acceptors (Lipinski definition) is 14. The molecule has 3 N–H and O–H groups in total. The first kappa shape index (κ1) is 77.3. The van der Waals surface area contributed by atoms with Gasteiger partial charge in [0.15, 0.2) is 0 Å². The summed E-state index contributed by atoms with van der Waals surface area (Å²) in [6.45, 7) is 9.73. The zero-order valence-electron chi connectivity index (χ0n) is 61.2. The number of amides is 12. The minimum Gasteiger partial charge on any atom is -0.481 e. The van der Waals surface area contributed by atoms with E-state index in [0.29, 0.717) is 63.9 Å². The number of likely N-dealkylation sites (tertiary alicyclic amines) is 1. The van der Waals surface area contributed by atoms with Crippen molar-refractivity contribution in [2.24, 2.45) is 23.7 Å². The van der Waals surface area contributed by atoms with Crippen LogP contribution in [0, 0.1) is 23.7 Å². The third kappa shape index (κ3) is 18.2. The van der Waals surface area contributed by atoms with E-state index in [-0.39, 0.29) is 75.8 Å². The molecule has 3 aliphatic carbocycles. The molecule has 12 amide bonds. The summed E-state index contributed by atoms with van der Waals surface area (Å²) >= 11 is 0. The molecule has 0 bridgehead atoms. The van der Waals surface area contributed by atoms with Gasteiger partial charge in [0.1, 0.15) is 59.9 Å². The molecule has 550 valence electrons. The molecule has 0 radical (unpaired) electrons. The summed E-state index contributed by atoms with van der Waals surface area (Å²) in [7, 11) is 10.5. The largest absolute Gasteiger partial charge is 0.481 e. The van der Waals surface area contributed by atoms with Crippen LogP contribution in [-0.2, 0) is 64.0 Å². The predicted molar refractivity (Wildman–Crippen MR) is 370 cm³/mol. The van der Waals surface area contributed by atoms with Gasteiger partial charge in [0.25, 0.3) is 0 Å². The number of aryl methyl sites for hydroxylation is 1. The van der Waals surface area contributed by atoms with Gasteiger partial charge in [0.2, 0.25) is 76.8 Å². The van der Waals surface area contributed by atoms with Crippen molar-refractivity contribution in [2.75, 3.05) is 82.1 Å². The molecule has 5 heterocycles. The lowest BCUT2D eigenvalue weighted by Crippen LogP contribution is -2.65. The number of nitrogens with zero attached hydrogens (tertiary/aromatic N) is 10. The minimum atomic E-state index is -1.48. The van der Waals surface area contributed by atoms with Gasteiger partial charge >= 0.3 is 0 Å². The predicted octanol–water partition coefficient (Wildman–Crippen LogP) is 4.30. The van der Waals surface area contributed by atoms with Gasteiger partial charge < -0.3 is 64.8 Å². The highest BCUT2D eigenvalue weighted by atomic mass is 16.5. The fourth-order valence-corrected chi connectivity index (χ4v) is 16.3. The van der Waals surface area contributed by atoms with Crippen LogP contribution in [0.1, 0.15) is 194 Å². The number of piperidine rings is 1. The first-order valence-corrected chi connectivity index (χ1v) is 37.0. The smallest absolute Gasteiger partial charge is 0.248 e. The standard InChI is InChI=1S/C73H115N13O13/c1-13-47(4)61-70(96)79(7)48(5)65(91)86-40-34-54(86)68(94)81(9)56(42-49-25-16-14-17-26-49)67(93)78(6)45-58(87)75-52(32-30-50-31-33-59(99-12)74-44-50)66(92)85-39-24-29-53(85)64(90)77-73(35-20-21-36-73)72(98)83(11)62(51-27-18-19-28-51)71(97)82(10)57(69(95)84-37-22-15-23-38-84)43-60(88)80(8)55(41-46(2)3)63(89)76-61/h31,33,44,46-49,51-57,61-62H,13-30,32,34-43,45H2,1-12H3,(H,75,87)(H,76,89)(H,77,90)/t47-,48-,52-,53-,54-,55-,56-,57-,61-,62-/m0/s1. The Morgan fingerprint density at radius 3 is 1.88 bits per heavy atom. The zero-order chi connectivity index (χ0) is 72.2. The number of rotatable bonds is 12. The second-order valence-electron chi connectivity index (χ2n) is 30.2. The third-order valence-corrected chi connectivity index (χ3v) is 23.0. The van der Waals surface area contributed by atoms with Gasteiger partial charge in [0, 0.05) is 80.7 Å². The van der Waals surface area contributed by atoms with Crippen molar-refractivity contribution in [3.63, 3.8) is 0 Å². The molecule has 3 saturated carbocycles. The Kier molecular flexibility index (Phi) is 27.2. The van der Waals surface area contributed by atoms with E-state index < -0.39 is 150 Å². The number of carbonyl (C=O) groups excluding carboxylic acids is 12. The van der Waals surface area contributed by atoms with Gasteiger partial charge in [-0.15, -0.1) is 0 Å². The molecule has 7 aliphatic rings. The molecule has 4 saturated heterocycles. The number of nitrogens with one attached hydrogen (secondary N) is 3. The van der Waals surface area contributed by atoms with Crippen molar-refractivity contribution in [2.45, 2.75) is 255 Å². The molecular formula is C73H115N13O13. The van der Waals surface area contributed by atoms with E-state index in [1.807, 2.05) is 27.7 Å². The maximum Gasteiger partial charge on any atom is 0.248 e. The maximum atomic E-state index is 15.8. The second-order valence-corrected chi connectivity index (χ2v) is 30.2. The van der Waals surface area contributed by atoms with Crippen LogP contribution in [0.25, 0.3) is 0 Å². The van der Waals surface area contributed by atoms with Crippen LogP contribution in [0.4, 0.5) is 0 Å². The number of methoxy groups -OCH3 is 1. The van der Waals surface area contributed by atoms with Crippen molar-refractivity contribution < 1.29 is 62.3 Å². The van der Waals surface area contributed by atoms with Gasteiger partial charge in [-0.05, 0) is 126 Å². The molecule has 1 spiro atoms. The van der Waals surface area contributed by atoms with E-state index in [2.05, 4.69) is 20.9 Å². The van der Waals surface area contributed by atoms with Gasteiger partial charge in [-0.2, -0.15) is 0 Å². The molecular weight excluding hydrogens is 1270 g/mol. The molecule has 4 aliphatic heterocycles. The van der Waals surface area contributed by atoms with Crippen LogP contribution < -0.4 is 20.7 Å². The molecule has 0 aromatic carbocycles. The van der Waals surface area contributed by atoms with Crippen LogP contribution in [0.3, 0.4) is 0 Å². The summed E-state index contributed by atoms with van der Waals surface area (Å²) in [6.07, 6.45) is 14.7. The van der Waals surface area contributed by atoms with E-state index in [0.717, 1.165) is 69.8 Å². The number of aromatic nitrogens is 1. The molecule has 26 nitrogen and oxygen atoms in total. The zero-order valence-corrected chi connectivity index (χ0v) is 61.2. The van der Waals surface area contributed by atoms with Crippen LogP contribution in [0.5, 0.6) is 5.88 Å². The summed E-state index contributed by atoms with van der Waals surface area (Å²) in [4.78, 5) is 198. The van der Waals surface area contributed by atoms with E-state index >= 15 is 33.6 Å². The van der Waals surface area contributed by atoms with E-state index in [1.54, 1.807) is 44.2 Å². The highest BCUT2D eigenvalue weighted by molar-refractivity contribution is 6.01. The Hall–Kier alpha value is -7.41. The quantitative estimate of drug-likeness (QED) is 0.263. The summed E-state index contributed by atoms with van der Waals surface area (Å²) in [5.74, 6) is -7.03. The molecule has 0 unspecified atom stereocenters. The monoisotopic (exact) mass is 1380 g/mol. The first-order chi connectivity index (χ1) is 47.1. The third-order valence-electron chi connectivity index (χ3n) is 23.0. The molecule has 99 heavy (non-hydrogen) atoms. The molecule has 7 fully saturated rings. The molecule has 10 atom stereocenters. The Balaban J connectivity index is 1.17. The van der Waals surface area contributed by atoms with E-state index in [1.165, 1.54) is 74.5 Å². The SMILES string of the molecule is CC[C@H](C)[C@@H]1NC(=O)[C@H](CC(C)C)N(C)C(=O)C[C@@H](C(=O)N2CCCCC2)N(C)C(=O)[C@H](C2CCCC2)N(C)C(=O)C2(CCCC2)NC(=O)[C@@H]2CCCN2C(=O)[C@H](CCc2ccc(OC)nc2)NC(=O)CN(C)C(=O)[C@H](CC2CCCCC2)N(C)C(=O)[C@@H]2CCN2C(=O)[C@H](C)N(C)C1=O. The summed E-state index contributed by atoms with van der Waals surface area (Å²) in [5.41, 5.74) is -0.743. The van der Waals surface area contributed by atoms with Crippen molar-refractivity contribution in [3.05, 3.63) is 23.9 Å². The number of likely N-dealkylation sites (N-methyl/N-ethyl adjacent to an activating group) is 6. The average molecular weight is 1380 g/mol. The second kappa shape index (κ2) is 34.8. The van der Waals surface area contributed by atoms with Crippen LogP contribution in [0.2, 0.25) is 0 Å². The fourth-order valence-electron chi connectivity index (χ4n) is 16.3. The molecule has 8 rings (SSSR count). The van der Waals surface area contributed by atoms with Crippen LogP contribution in [-0.4, -0.2) is 262 Å². The Morgan fingerprint density at radius 2 is 1.27 bits per heavy atom. The van der Waals surface area contributed by atoms with Crippen LogP contribution in [0.15, 0.2) is 18.3 Å². The lowest BCUT2D eigenvalue weighted by Gasteiger charge is -2.45. The van der Waals surface area contributed by atoms with Crippen molar-refractivity contribution in [1.82, 2.24) is 65.0 Å². The highest BCUT2D eigenvalue weighted by Crippen LogP contribution is 2.38. The van der Waals surface area contributed by atoms with E-state index in [9.17, 15) is 24.0 Å². The number of ether oxygens (including phenoxy) is 1. The van der Waals surface area contributed by atoms with Crippen molar-refractivity contribution in [3.8, 4) is 5.88 Å². The Bertz CT molecular complexity index is 3050. The molecule has 26 heteroatoms. The Morgan fingerprint density at radius 1 is 0.626 bits per heavy atom.